The number of nitrogens with one attached hydrogen (secondary N) is 1. The van der Waals surface area contributed by atoms with Crippen molar-refractivity contribution in [2.45, 2.75) is 6.18 Å². The van der Waals surface area contributed by atoms with E-state index in [9.17, 15) is 18.0 Å². The first kappa shape index (κ1) is 16.3. The van der Waals surface area contributed by atoms with Gasteiger partial charge in [-0.3, -0.25) is 9.48 Å². The Balaban J connectivity index is 2.21. The number of amides is 1. The molecule has 8 heteroatoms. The Labute approximate surface area is 129 Å². The Bertz CT molecular complexity index is 800. The highest BCUT2D eigenvalue weighted by Crippen LogP contribution is 2.30. The minimum Gasteiger partial charge on any atom is -0.321 e. The molecule has 5 nitrogen and oxygen atoms in total. The summed E-state index contributed by atoms with van der Waals surface area (Å²) in [6.07, 6.45) is -0.163. The van der Waals surface area contributed by atoms with Crippen LogP contribution in [0.2, 0.25) is 0 Å². The van der Waals surface area contributed by atoms with Crippen LogP contribution in [-0.2, 0) is 18.0 Å². The molecule has 0 saturated carbocycles. The first-order valence-corrected chi connectivity index (χ1v) is 6.38. The maximum atomic E-state index is 12.6. The molecule has 0 spiro atoms. The van der Waals surface area contributed by atoms with Gasteiger partial charge in [0.2, 0.25) is 0 Å². The van der Waals surface area contributed by atoms with Gasteiger partial charge in [-0.25, -0.2) is 0 Å². The predicted octanol–water partition coefficient (Wildman–Crippen LogP) is 2.98. The van der Waals surface area contributed by atoms with E-state index in [0.29, 0.717) is 5.56 Å². The van der Waals surface area contributed by atoms with Crippen LogP contribution in [0.3, 0.4) is 0 Å². The van der Waals surface area contributed by atoms with E-state index in [0.717, 1.165) is 12.1 Å². The lowest BCUT2D eigenvalue weighted by molar-refractivity contribution is -0.137. The van der Waals surface area contributed by atoms with Gasteiger partial charge < -0.3 is 5.32 Å². The lowest BCUT2D eigenvalue weighted by atomic mass is 10.1. The maximum absolute atomic E-state index is 12.6. The number of hydrogen-bond donors (Lipinski definition) is 1. The van der Waals surface area contributed by atoms with Crippen LogP contribution in [0.1, 0.15) is 11.1 Å². The molecule has 0 aliphatic carbocycles. The monoisotopic (exact) mass is 320 g/mol. The van der Waals surface area contributed by atoms with Crippen LogP contribution >= 0.6 is 0 Å². The SMILES string of the molecule is Cn1cc(/C=C(\C#N)C(=O)Nc2cccc(C(F)(F)F)c2)cn1. The second-order valence-corrected chi connectivity index (χ2v) is 4.65. The third kappa shape index (κ3) is 4.20. The van der Waals surface area contributed by atoms with Crippen LogP contribution in [0.15, 0.2) is 42.2 Å². The first-order valence-electron chi connectivity index (χ1n) is 6.38. The molecule has 118 valence electrons. The van der Waals surface area contributed by atoms with Gasteiger partial charge in [0.25, 0.3) is 5.91 Å². The summed E-state index contributed by atoms with van der Waals surface area (Å²) in [7, 11) is 1.67. The summed E-state index contributed by atoms with van der Waals surface area (Å²) in [4.78, 5) is 12.0. The van der Waals surface area contributed by atoms with Crippen molar-refractivity contribution in [3.05, 3.63) is 53.4 Å². The van der Waals surface area contributed by atoms with Crippen molar-refractivity contribution in [1.29, 1.82) is 5.26 Å². The standard InChI is InChI=1S/C15H11F3N4O/c1-22-9-10(8-20-22)5-11(7-19)14(23)21-13-4-2-3-12(6-13)15(16,17)18/h2-6,8-9H,1H3,(H,21,23)/b11-5+. The number of nitrogens with zero attached hydrogens (tertiary/aromatic N) is 3. The van der Waals surface area contributed by atoms with Crippen LogP contribution in [-0.4, -0.2) is 15.7 Å². The van der Waals surface area contributed by atoms with Crippen molar-refractivity contribution < 1.29 is 18.0 Å². The number of carbonyl (C=O) groups is 1. The van der Waals surface area contributed by atoms with Gasteiger partial charge in [-0.05, 0) is 24.3 Å². The molecule has 1 heterocycles. The molecule has 2 aromatic rings. The highest BCUT2D eigenvalue weighted by atomic mass is 19.4. The van der Waals surface area contributed by atoms with Crippen LogP contribution in [0.25, 0.3) is 6.08 Å². The van der Waals surface area contributed by atoms with Crippen molar-refractivity contribution in [2.75, 3.05) is 5.32 Å². The van der Waals surface area contributed by atoms with Gasteiger partial charge >= 0.3 is 6.18 Å². The highest BCUT2D eigenvalue weighted by molar-refractivity contribution is 6.09. The fourth-order valence-electron chi connectivity index (χ4n) is 1.80. The number of benzene rings is 1. The molecule has 1 aromatic heterocycles. The number of carbonyl (C=O) groups excluding carboxylic acids is 1. The van der Waals surface area contributed by atoms with Gasteiger partial charge in [-0.15, -0.1) is 0 Å². The minimum absolute atomic E-state index is 0.0443. The Kier molecular flexibility index (Phi) is 4.50. The number of aryl methyl sites for hydroxylation is 1. The van der Waals surface area contributed by atoms with Crippen molar-refractivity contribution in [3.63, 3.8) is 0 Å². The quantitative estimate of drug-likeness (QED) is 0.698. The molecular weight excluding hydrogens is 309 g/mol. The third-order valence-electron chi connectivity index (χ3n) is 2.85. The second-order valence-electron chi connectivity index (χ2n) is 4.65. The van der Waals surface area contributed by atoms with E-state index in [2.05, 4.69) is 10.4 Å². The van der Waals surface area contributed by atoms with E-state index in [4.69, 9.17) is 5.26 Å². The molecule has 0 atom stereocenters. The molecule has 23 heavy (non-hydrogen) atoms. The van der Waals surface area contributed by atoms with Gasteiger partial charge in [0.1, 0.15) is 11.6 Å². The summed E-state index contributed by atoms with van der Waals surface area (Å²) in [5.41, 5.74) is -0.638. The molecule has 2 rings (SSSR count). The van der Waals surface area contributed by atoms with Crippen LogP contribution in [0, 0.1) is 11.3 Å². The number of halogens is 3. The number of anilines is 1. The molecule has 0 unspecified atom stereocenters. The topological polar surface area (TPSA) is 70.7 Å². The normalized spacial score (nSPS) is 11.9. The largest absolute Gasteiger partial charge is 0.416 e. The molecule has 0 aliphatic heterocycles. The fraction of sp³-hybridized carbons (Fsp3) is 0.133. The van der Waals surface area contributed by atoms with Crippen LogP contribution in [0.5, 0.6) is 0 Å². The van der Waals surface area contributed by atoms with E-state index >= 15 is 0 Å². The van der Waals surface area contributed by atoms with Gasteiger partial charge in [-0.2, -0.15) is 23.5 Å². The summed E-state index contributed by atoms with van der Waals surface area (Å²) in [5.74, 6) is -0.796. The zero-order valence-corrected chi connectivity index (χ0v) is 11.9. The van der Waals surface area contributed by atoms with Crippen LogP contribution < -0.4 is 5.32 Å². The Morgan fingerprint density at radius 3 is 2.74 bits per heavy atom. The predicted molar refractivity (Wildman–Crippen MR) is 76.9 cm³/mol. The molecule has 0 fully saturated rings. The Morgan fingerprint density at radius 2 is 2.17 bits per heavy atom. The average Bonchev–Trinajstić information content (AvgIpc) is 2.89. The van der Waals surface area contributed by atoms with Crippen molar-refractivity contribution >= 4 is 17.7 Å². The molecule has 1 aromatic carbocycles. The summed E-state index contributed by atoms with van der Waals surface area (Å²) < 4.78 is 39.4. The van der Waals surface area contributed by atoms with E-state index < -0.39 is 17.6 Å². The second kappa shape index (κ2) is 6.36. The van der Waals surface area contributed by atoms with E-state index in [1.807, 2.05) is 0 Å². The minimum atomic E-state index is -4.51. The zero-order valence-electron chi connectivity index (χ0n) is 11.9. The number of alkyl halides is 3. The number of nitriles is 1. The maximum Gasteiger partial charge on any atom is 0.416 e. The Morgan fingerprint density at radius 1 is 1.43 bits per heavy atom. The van der Waals surface area contributed by atoms with Gasteiger partial charge in [0.05, 0.1) is 11.8 Å². The smallest absolute Gasteiger partial charge is 0.321 e. The lowest BCUT2D eigenvalue weighted by Gasteiger charge is -2.09. The third-order valence-corrected chi connectivity index (χ3v) is 2.85. The fourth-order valence-corrected chi connectivity index (χ4v) is 1.80. The van der Waals surface area contributed by atoms with E-state index in [1.54, 1.807) is 19.3 Å². The molecule has 1 N–H and O–H groups in total. The number of hydrogen-bond acceptors (Lipinski definition) is 3. The highest BCUT2D eigenvalue weighted by Gasteiger charge is 2.30. The molecule has 0 aliphatic rings. The molecule has 1 amide bonds. The lowest BCUT2D eigenvalue weighted by Crippen LogP contribution is -2.14. The van der Waals surface area contributed by atoms with Crippen molar-refractivity contribution in [3.8, 4) is 6.07 Å². The van der Waals surface area contributed by atoms with Crippen LogP contribution in [0.4, 0.5) is 18.9 Å². The number of rotatable bonds is 3. The summed E-state index contributed by atoms with van der Waals surface area (Å²) in [6, 6.07) is 5.90. The van der Waals surface area contributed by atoms with Gasteiger partial charge in [0.15, 0.2) is 0 Å². The average molecular weight is 320 g/mol. The summed E-state index contributed by atoms with van der Waals surface area (Å²) in [6.45, 7) is 0. The molecule has 0 radical (unpaired) electrons. The number of aromatic nitrogens is 2. The van der Waals surface area contributed by atoms with E-state index in [-0.39, 0.29) is 11.3 Å². The van der Waals surface area contributed by atoms with E-state index in [1.165, 1.54) is 29.1 Å². The van der Waals surface area contributed by atoms with Gasteiger partial charge in [0, 0.05) is 24.5 Å². The van der Waals surface area contributed by atoms with Gasteiger partial charge in [-0.1, -0.05) is 6.07 Å². The van der Waals surface area contributed by atoms with Crippen molar-refractivity contribution in [2.24, 2.45) is 7.05 Å². The first-order chi connectivity index (χ1) is 10.8. The molecular formula is C15H11F3N4O. The summed E-state index contributed by atoms with van der Waals surface area (Å²) >= 11 is 0. The molecule has 0 saturated heterocycles. The zero-order chi connectivity index (χ0) is 17.0. The summed E-state index contributed by atoms with van der Waals surface area (Å²) in [5, 5.41) is 15.2. The molecule has 0 bridgehead atoms. The van der Waals surface area contributed by atoms with Crippen molar-refractivity contribution in [1.82, 2.24) is 9.78 Å². The Hall–Kier alpha value is -3.08.